The lowest BCUT2D eigenvalue weighted by atomic mass is 10.0. The Morgan fingerprint density at radius 1 is 1.20 bits per heavy atom. The fourth-order valence-corrected chi connectivity index (χ4v) is 3.73. The van der Waals surface area contributed by atoms with E-state index in [2.05, 4.69) is 25.7 Å². The monoisotopic (exact) mass is 472 g/mol. The molecule has 35 heavy (non-hydrogen) atoms. The molecule has 5 rings (SSSR count). The van der Waals surface area contributed by atoms with Gasteiger partial charge in [0, 0.05) is 42.2 Å². The largest absolute Gasteiger partial charge is 0.437 e. The normalized spacial score (nSPS) is 13.6. The molecule has 1 aliphatic rings. The van der Waals surface area contributed by atoms with Gasteiger partial charge < -0.3 is 20.5 Å². The summed E-state index contributed by atoms with van der Waals surface area (Å²) in [6.45, 7) is 5.70. The zero-order chi connectivity index (χ0) is 24.6. The lowest BCUT2D eigenvalue weighted by Crippen LogP contribution is -2.29. The maximum Gasteiger partial charge on any atom is 0.251 e. The van der Waals surface area contributed by atoms with Crippen molar-refractivity contribution in [1.82, 2.24) is 24.9 Å². The Morgan fingerprint density at radius 2 is 1.97 bits per heavy atom. The van der Waals surface area contributed by atoms with Crippen LogP contribution >= 0.6 is 0 Å². The molecule has 1 saturated carbocycles. The van der Waals surface area contributed by atoms with Crippen LogP contribution in [0.1, 0.15) is 42.6 Å². The first-order valence-corrected chi connectivity index (χ1v) is 11.6. The molecule has 1 fully saturated rings. The number of hydrogen-bond donors (Lipinski definition) is 3. The molecular formula is C26H28N6O3. The number of hydrogen-bond acceptors (Lipinski definition) is 7. The number of pyridine rings is 1. The Morgan fingerprint density at radius 3 is 2.66 bits per heavy atom. The number of nitrogens with zero attached hydrogens (tertiary/aromatic N) is 4. The van der Waals surface area contributed by atoms with Crippen molar-refractivity contribution < 1.29 is 14.6 Å². The summed E-state index contributed by atoms with van der Waals surface area (Å²) in [5.41, 5.74) is 3.52. The first-order chi connectivity index (χ1) is 16.8. The van der Waals surface area contributed by atoms with Gasteiger partial charge in [0.25, 0.3) is 5.91 Å². The molecule has 180 valence electrons. The summed E-state index contributed by atoms with van der Waals surface area (Å²) in [6.07, 6.45) is 7.13. The number of ether oxygens (including phenoxy) is 1. The van der Waals surface area contributed by atoms with Crippen molar-refractivity contribution in [3.63, 3.8) is 0 Å². The van der Waals surface area contributed by atoms with Crippen LogP contribution in [-0.4, -0.2) is 48.8 Å². The highest BCUT2D eigenvalue weighted by Gasteiger charge is 2.24. The topological polar surface area (TPSA) is 114 Å². The molecule has 9 heteroatoms. The van der Waals surface area contributed by atoms with Crippen molar-refractivity contribution in [2.24, 2.45) is 0 Å². The number of carbonyl (C=O) groups is 1. The number of anilines is 1. The highest BCUT2D eigenvalue weighted by atomic mass is 16.5. The van der Waals surface area contributed by atoms with Gasteiger partial charge in [-0.25, -0.2) is 9.50 Å². The third-order valence-corrected chi connectivity index (χ3v) is 5.71. The molecule has 3 N–H and O–H groups in total. The van der Waals surface area contributed by atoms with Gasteiger partial charge in [-0.3, -0.25) is 9.78 Å². The Balaban J connectivity index is 1.53. The summed E-state index contributed by atoms with van der Waals surface area (Å²) in [5, 5.41) is 21.2. The minimum absolute atomic E-state index is 0.0426. The lowest BCUT2D eigenvalue weighted by molar-refractivity contribution is 0.0940. The molecule has 0 aliphatic heterocycles. The third-order valence-electron chi connectivity index (χ3n) is 5.71. The summed E-state index contributed by atoms with van der Waals surface area (Å²) in [5.74, 6) is 0.918. The van der Waals surface area contributed by atoms with Gasteiger partial charge in [0.1, 0.15) is 5.75 Å². The number of aliphatic hydroxyl groups is 1. The molecule has 3 heterocycles. The fraction of sp³-hybridized carbons (Fsp3) is 0.308. The SMILES string of the molecule is Cc1cc(-c2cnc3c(NCC(C)(C)O)cc(Oc4ccncc4)nn23)ccc1C(=O)NC1CC1. The summed E-state index contributed by atoms with van der Waals surface area (Å²) in [6, 6.07) is 11.3. The van der Waals surface area contributed by atoms with E-state index in [0.29, 0.717) is 41.1 Å². The highest BCUT2D eigenvalue weighted by Crippen LogP contribution is 2.30. The number of aromatic nitrogens is 4. The van der Waals surface area contributed by atoms with Gasteiger partial charge >= 0.3 is 0 Å². The molecule has 1 amide bonds. The van der Waals surface area contributed by atoms with Crippen molar-refractivity contribution in [1.29, 1.82) is 0 Å². The highest BCUT2D eigenvalue weighted by molar-refractivity contribution is 5.96. The van der Waals surface area contributed by atoms with Crippen LogP contribution in [0.5, 0.6) is 11.6 Å². The van der Waals surface area contributed by atoms with Crippen LogP contribution in [0, 0.1) is 6.92 Å². The Bertz CT molecular complexity index is 1370. The van der Waals surface area contributed by atoms with E-state index in [-0.39, 0.29) is 5.91 Å². The number of nitrogens with one attached hydrogen (secondary N) is 2. The third kappa shape index (κ3) is 5.25. The van der Waals surface area contributed by atoms with Crippen LogP contribution in [0.4, 0.5) is 5.69 Å². The number of amides is 1. The van der Waals surface area contributed by atoms with Crippen LogP contribution in [0.15, 0.2) is 55.0 Å². The molecule has 4 aromatic rings. The summed E-state index contributed by atoms with van der Waals surface area (Å²) in [4.78, 5) is 21.2. The van der Waals surface area contributed by atoms with Crippen molar-refractivity contribution in [3.8, 4) is 22.9 Å². The number of benzene rings is 1. The van der Waals surface area contributed by atoms with Crippen LogP contribution in [0.25, 0.3) is 16.9 Å². The number of carbonyl (C=O) groups excluding carboxylic acids is 1. The Labute approximate surface area is 203 Å². The van der Waals surface area contributed by atoms with Crippen molar-refractivity contribution in [2.45, 2.75) is 45.3 Å². The van der Waals surface area contributed by atoms with Crippen LogP contribution in [0.2, 0.25) is 0 Å². The van der Waals surface area contributed by atoms with Crippen molar-refractivity contribution in [2.75, 3.05) is 11.9 Å². The quantitative estimate of drug-likeness (QED) is 0.356. The summed E-state index contributed by atoms with van der Waals surface area (Å²) >= 11 is 0. The van der Waals surface area contributed by atoms with E-state index in [1.165, 1.54) is 0 Å². The molecule has 1 aliphatic carbocycles. The van der Waals surface area contributed by atoms with Gasteiger partial charge in [-0.2, -0.15) is 0 Å². The molecule has 0 spiro atoms. The minimum atomic E-state index is -0.921. The first kappa shape index (κ1) is 22.8. The first-order valence-electron chi connectivity index (χ1n) is 11.6. The minimum Gasteiger partial charge on any atom is -0.437 e. The van der Waals surface area contributed by atoms with Gasteiger partial charge in [0.2, 0.25) is 5.88 Å². The molecule has 0 unspecified atom stereocenters. The maximum atomic E-state index is 12.6. The van der Waals surface area contributed by atoms with Crippen molar-refractivity contribution >= 4 is 17.2 Å². The number of rotatable bonds is 8. The predicted octanol–water partition coefficient (Wildman–Crippen LogP) is 3.97. The van der Waals surface area contributed by atoms with Gasteiger partial charge in [0.05, 0.1) is 23.2 Å². The van der Waals surface area contributed by atoms with Gasteiger partial charge in [-0.05, 0) is 63.4 Å². The second kappa shape index (κ2) is 8.99. The van der Waals surface area contributed by atoms with Gasteiger partial charge in [-0.15, -0.1) is 5.10 Å². The molecule has 0 saturated heterocycles. The van der Waals surface area contributed by atoms with E-state index < -0.39 is 5.60 Å². The van der Waals surface area contributed by atoms with E-state index in [1.807, 2.05) is 25.1 Å². The van der Waals surface area contributed by atoms with E-state index in [0.717, 1.165) is 29.7 Å². The van der Waals surface area contributed by atoms with Gasteiger partial charge in [0.15, 0.2) is 5.65 Å². The number of fused-ring (bicyclic) bond motifs is 1. The summed E-state index contributed by atoms with van der Waals surface area (Å²) in [7, 11) is 0. The fourth-order valence-electron chi connectivity index (χ4n) is 3.73. The van der Waals surface area contributed by atoms with E-state index in [4.69, 9.17) is 4.74 Å². The molecule has 0 bridgehead atoms. The molecule has 9 nitrogen and oxygen atoms in total. The number of aryl methyl sites for hydroxylation is 1. The van der Waals surface area contributed by atoms with E-state index >= 15 is 0 Å². The van der Waals surface area contributed by atoms with Crippen LogP contribution < -0.4 is 15.4 Å². The smallest absolute Gasteiger partial charge is 0.251 e. The Kier molecular flexibility index (Phi) is 5.86. The van der Waals surface area contributed by atoms with Crippen LogP contribution in [-0.2, 0) is 0 Å². The van der Waals surface area contributed by atoms with Crippen LogP contribution in [0.3, 0.4) is 0 Å². The molecule has 0 radical (unpaired) electrons. The average Bonchev–Trinajstić information content (AvgIpc) is 3.53. The Hall–Kier alpha value is -3.98. The zero-order valence-corrected chi connectivity index (χ0v) is 19.9. The average molecular weight is 473 g/mol. The second-order valence-electron chi connectivity index (χ2n) is 9.50. The van der Waals surface area contributed by atoms with E-state index in [1.54, 1.807) is 55.2 Å². The van der Waals surface area contributed by atoms with Gasteiger partial charge in [-0.1, -0.05) is 6.07 Å². The van der Waals surface area contributed by atoms with E-state index in [9.17, 15) is 9.90 Å². The summed E-state index contributed by atoms with van der Waals surface area (Å²) < 4.78 is 7.69. The second-order valence-corrected chi connectivity index (χ2v) is 9.50. The lowest BCUT2D eigenvalue weighted by Gasteiger charge is -2.19. The zero-order valence-electron chi connectivity index (χ0n) is 19.9. The predicted molar refractivity (Wildman–Crippen MR) is 133 cm³/mol. The maximum absolute atomic E-state index is 12.6. The standard InChI is InChI=1S/C26H28N6O3/c1-16-12-17(4-7-20(16)25(33)30-18-5-6-18)22-14-28-24-21(29-15-26(2,3)34)13-23(31-32(22)24)35-19-8-10-27-11-9-19/h4,7-14,18,29,34H,5-6,15H2,1-3H3,(H,30,33). The van der Waals surface area contributed by atoms with Crippen molar-refractivity contribution in [3.05, 3.63) is 66.1 Å². The molecule has 3 aromatic heterocycles. The molecular weight excluding hydrogens is 444 g/mol. The molecule has 1 aromatic carbocycles. The molecule has 0 atom stereocenters. The number of imidazole rings is 1.